The molecule has 1 rings (SSSR count). The van der Waals surface area contributed by atoms with Gasteiger partial charge in [-0.05, 0) is 18.8 Å². The summed E-state index contributed by atoms with van der Waals surface area (Å²) in [7, 11) is -1.84. The summed E-state index contributed by atoms with van der Waals surface area (Å²) >= 11 is 0. The van der Waals surface area contributed by atoms with Crippen LogP contribution in [0.2, 0.25) is 0 Å². The van der Waals surface area contributed by atoms with E-state index >= 15 is 0 Å². The molecule has 6 nitrogen and oxygen atoms in total. The van der Waals surface area contributed by atoms with Gasteiger partial charge in [0.1, 0.15) is 0 Å². The van der Waals surface area contributed by atoms with Crippen LogP contribution in [-0.4, -0.2) is 41.3 Å². The van der Waals surface area contributed by atoms with Crippen molar-refractivity contribution in [3.8, 4) is 0 Å². The molecule has 1 aliphatic rings. The van der Waals surface area contributed by atoms with Gasteiger partial charge in [-0.3, -0.25) is 0 Å². The average Bonchev–Trinajstić information content (AvgIpc) is 2.11. The smallest absolute Gasteiger partial charge is 0.276 e. The predicted octanol–water partition coefficient (Wildman–Crippen LogP) is -1.21. The van der Waals surface area contributed by atoms with E-state index in [1.165, 1.54) is 7.11 Å². The molecule has 0 aromatic rings. The minimum atomic E-state index is -3.36. The second-order valence-corrected chi connectivity index (χ2v) is 5.42. The Labute approximate surface area is 90.7 Å². The second-order valence-electron chi connectivity index (χ2n) is 3.84. The Morgan fingerprint density at radius 1 is 1.40 bits per heavy atom. The van der Waals surface area contributed by atoms with Gasteiger partial charge >= 0.3 is 0 Å². The Morgan fingerprint density at radius 3 is 2.60 bits per heavy atom. The van der Waals surface area contributed by atoms with Crippen LogP contribution in [0, 0.1) is 5.92 Å². The van der Waals surface area contributed by atoms with Crippen LogP contribution in [-0.2, 0) is 14.9 Å². The zero-order valence-electron chi connectivity index (χ0n) is 8.90. The van der Waals surface area contributed by atoms with E-state index in [0.29, 0.717) is 19.1 Å². The van der Waals surface area contributed by atoms with Gasteiger partial charge in [0, 0.05) is 26.2 Å². The molecule has 15 heavy (non-hydrogen) atoms. The first-order chi connectivity index (χ1) is 7.03. The lowest BCUT2D eigenvalue weighted by atomic mass is 9.81. The first kappa shape index (κ1) is 12.9. The molecule has 0 saturated heterocycles. The van der Waals surface area contributed by atoms with Crippen molar-refractivity contribution in [3.05, 3.63) is 0 Å². The van der Waals surface area contributed by atoms with Crippen molar-refractivity contribution in [1.29, 1.82) is 0 Å². The van der Waals surface area contributed by atoms with Crippen molar-refractivity contribution in [2.24, 2.45) is 11.7 Å². The van der Waals surface area contributed by atoms with E-state index in [-0.39, 0.29) is 12.6 Å². The van der Waals surface area contributed by atoms with Crippen molar-refractivity contribution in [3.63, 3.8) is 0 Å². The maximum Gasteiger partial charge on any atom is 0.276 e. The van der Waals surface area contributed by atoms with E-state index in [0.717, 1.165) is 12.8 Å². The maximum atomic E-state index is 11.3. The van der Waals surface area contributed by atoms with Gasteiger partial charge in [0.05, 0.1) is 6.61 Å². The fourth-order valence-electron chi connectivity index (χ4n) is 1.51. The van der Waals surface area contributed by atoms with E-state index in [1.54, 1.807) is 0 Å². The number of methoxy groups -OCH3 is 1. The lowest BCUT2D eigenvalue weighted by Gasteiger charge is -2.32. The zero-order valence-corrected chi connectivity index (χ0v) is 9.72. The molecule has 0 amide bonds. The molecule has 0 heterocycles. The third-order valence-electron chi connectivity index (χ3n) is 2.43. The van der Waals surface area contributed by atoms with Gasteiger partial charge in [0.15, 0.2) is 0 Å². The Kier molecular flexibility index (Phi) is 4.94. The number of rotatable bonds is 7. The zero-order chi connectivity index (χ0) is 11.3. The third-order valence-corrected chi connectivity index (χ3v) is 3.56. The van der Waals surface area contributed by atoms with Crippen molar-refractivity contribution in [2.45, 2.75) is 18.9 Å². The minimum absolute atomic E-state index is 0.251. The second kappa shape index (κ2) is 5.76. The summed E-state index contributed by atoms with van der Waals surface area (Å²) in [4.78, 5) is 0. The number of nitrogens with one attached hydrogen (secondary N) is 2. The highest BCUT2D eigenvalue weighted by Gasteiger charge is 2.26. The van der Waals surface area contributed by atoms with Crippen molar-refractivity contribution in [2.75, 3.05) is 26.8 Å². The van der Waals surface area contributed by atoms with Crippen LogP contribution in [0.4, 0.5) is 0 Å². The molecule has 0 aromatic carbocycles. The van der Waals surface area contributed by atoms with E-state index in [9.17, 15) is 8.42 Å². The van der Waals surface area contributed by atoms with Crippen molar-refractivity contribution < 1.29 is 13.2 Å². The normalized spacial score (nSPS) is 26.3. The van der Waals surface area contributed by atoms with E-state index in [1.807, 2.05) is 0 Å². The molecule has 7 heteroatoms. The maximum absolute atomic E-state index is 11.3. The van der Waals surface area contributed by atoms with Crippen LogP contribution in [0.25, 0.3) is 0 Å². The lowest BCUT2D eigenvalue weighted by Crippen LogP contribution is -2.45. The number of hydrogen-bond acceptors (Lipinski definition) is 4. The molecule has 0 spiro atoms. The molecule has 0 bridgehead atoms. The molecule has 1 fully saturated rings. The van der Waals surface area contributed by atoms with Gasteiger partial charge in [-0.15, -0.1) is 0 Å². The summed E-state index contributed by atoms with van der Waals surface area (Å²) in [5.74, 6) is 0.388. The van der Waals surface area contributed by atoms with Crippen LogP contribution in [0.1, 0.15) is 12.8 Å². The van der Waals surface area contributed by atoms with Crippen LogP contribution >= 0.6 is 0 Å². The van der Waals surface area contributed by atoms with E-state index in [4.69, 9.17) is 10.5 Å². The molecule has 0 radical (unpaired) electrons. The van der Waals surface area contributed by atoms with Gasteiger partial charge < -0.3 is 10.5 Å². The summed E-state index contributed by atoms with van der Waals surface area (Å²) in [6.07, 6.45) is 1.81. The van der Waals surface area contributed by atoms with Gasteiger partial charge in [0.25, 0.3) is 10.2 Å². The lowest BCUT2D eigenvalue weighted by molar-refractivity contribution is 0.204. The quantitative estimate of drug-likeness (QED) is 0.485. The fraction of sp³-hybridized carbons (Fsp3) is 1.00. The van der Waals surface area contributed by atoms with Gasteiger partial charge in [-0.1, -0.05) is 0 Å². The van der Waals surface area contributed by atoms with E-state index < -0.39 is 10.2 Å². The van der Waals surface area contributed by atoms with Gasteiger partial charge in [0.2, 0.25) is 0 Å². The van der Waals surface area contributed by atoms with Crippen molar-refractivity contribution in [1.82, 2.24) is 9.44 Å². The molecular formula is C8H19N3O3S. The fourth-order valence-corrected chi connectivity index (χ4v) is 2.42. The van der Waals surface area contributed by atoms with Gasteiger partial charge in [-0.25, -0.2) is 4.72 Å². The highest BCUT2D eigenvalue weighted by atomic mass is 32.2. The monoisotopic (exact) mass is 237 g/mol. The molecule has 0 aromatic heterocycles. The number of nitrogens with two attached hydrogens (primary N) is 1. The SMILES string of the molecule is COCCNS(=O)(=O)NCC1CC(N)C1. The molecular weight excluding hydrogens is 218 g/mol. The molecule has 0 atom stereocenters. The summed E-state index contributed by atoms with van der Waals surface area (Å²) in [6.45, 7) is 1.13. The Balaban J connectivity index is 2.13. The largest absolute Gasteiger partial charge is 0.383 e. The average molecular weight is 237 g/mol. The number of ether oxygens (including phenoxy) is 1. The molecule has 0 aliphatic heterocycles. The molecule has 4 N–H and O–H groups in total. The Bertz CT molecular complexity index is 275. The summed E-state index contributed by atoms with van der Waals surface area (Å²) < 4.78 is 32.3. The number of hydrogen-bond donors (Lipinski definition) is 3. The minimum Gasteiger partial charge on any atom is -0.383 e. The predicted molar refractivity (Wildman–Crippen MR) is 57.5 cm³/mol. The Morgan fingerprint density at radius 2 is 2.07 bits per heavy atom. The van der Waals surface area contributed by atoms with Crippen LogP contribution < -0.4 is 15.2 Å². The standard InChI is InChI=1S/C8H19N3O3S/c1-14-3-2-10-15(12,13)11-6-7-4-8(9)5-7/h7-8,10-11H,2-6,9H2,1H3. The van der Waals surface area contributed by atoms with Crippen molar-refractivity contribution >= 4 is 10.2 Å². The van der Waals surface area contributed by atoms with Crippen LogP contribution in [0.15, 0.2) is 0 Å². The Hall–Kier alpha value is -0.210. The molecule has 90 valence electrons. The van der Waals surface area contributed by atoms with Crippen LogP contribution in [0.5, 0.6) is 0 Å². The molecule has 0 unspecified atom stereocenters. The van der Waals surface area contributed by atoms with E-state index in [2.05, 4.69) is 9.44 Å². The first-order valence-electron chi connectivity index (χ1n) is 5.02. The first-order valence-corrected chi connectivity index (χ1v) is 6.50. The molecule has 1 aliphatic carbocycles. The van der Waals surface area contributed by atoms with Crippen LogP contribution in [0.3, 0.4) is 0 Å². The summed E-state index contributed by atoms with van der Waals surface area (Å²) in [6, 6.07) is 0.251. The molecule has 1 saturated carbocycles. The highest BCUT2D eigenvalue weighted by Crippen LogP contribution is 2.24. The summed E-state index contributed by atoms with van der Waals surface area (Å²) in [5, 5.41) is 0. The summed E-state index contributed by atoms with van der Waals surface area (Å²) in [5.41, 5.74) is 5.60. The van der Waals surface area contributed by atoms with Gasteiger partial charge in [-0.2, -0.15) is 13.1 Å². The highest BCUT2D eigenvalue weighted by molar-refractivity contribution is 7.87. The topological polar surface area (TPSA) is 93.4 Å². The third kappa shape index (κ3) is 4.89.